The molecule has 3 aromatic carbocycles. The third kappa shape index (κ3) is 5.44. The first kappa shape index (κ1) is 22.5. The quantitative estimate of drug-likeness (QED) is 0.335. The molecule has 0 amide bonds. The molecule has 174 valence electrons. The maximum Gasteiger partial charge on any atom is 0.137 e. The van der Waals surface area contributed by atoms with E-state index in [4.69, 9.17) is 4.52 Å². The summed E-state index contributed by atoms with van der Waals surface area (Å²) in [5.41, 5.74) is 4.34. The monoisotopic (exact) mass is 455 g/mol. The summed E-state index contributed by atoms with van der Waals surface area (Å²) in [6.07, 6.45) is 1.88. The van der Waals surface area contributed by atoms with Gasteiger partial charge < -0.3 is 9.42 Å². The maximum absolute atomic E-state index is 13.1. The molecule has 4 aromatic rings. The van der Waals surface area contributed by atoms with E-state index in [9.17, 15) is 4.39 Å². The van der Waals surface area contributed by atoms with Crippen LogP contribution in [0.3, 0.4) is 0 Å². The van der Waals surface area contributed by atoms with Crippen molar-refractivity contribution in [3.05, 3.63) is 114 Å². The predicted molar refractivity (Wildman–Crippen MR) is 133 cm³/mol. The Morgan fingerprint density at radius 3 is 2.03 bits per heavy atom. The minimum Gasteiger partial charge on any atom is -0.361 e. The summed E-state index contributed by atoms with van der Waals surface area (Å²) < 4.78 is 18.7. The molecule has 1 aliphatic rings. The van der Waals surface area contributed by atoms with E-state index in [-0.39, 0.29) is 5.82 Å². The number of benzene rings is 3. The third-order valence-electron chi connectivity index (χ3n) is 6.60. The molecule has 0 atom stereocenters. The van der Waals surface area contributed by atoms with Gasteiger partial charge in [-0.1, -0.05) is 65.8 Å². The molecule has 0 saturated carbocycles. The van der Waals surface area contributed by atoms with Gasteiger partial charge in [-0.15, -0.1) is 0 Å². The van der Waals surface area contributed by atoms with Gasteiger partial charge in [0.25, 0.3) is 0 Å². The van der Waals surface area contributed by atoms with E-state index in [2.05, 4.69) is 75.6 Å². The Morgan fingerprint density at radius 2 is 1.41 bits per heavy atom. The van der Waals surface area contributed by atoms with Crippen LogP contribution < -0.4 is 0 Å². The second-order valence-corrected chi connectivity index (χ2v) is 8.89. The molecule has 2 heterocycles. The lowest BCUT2D eigenvalue weighted by Gasteiger charge is -2.39. The number of rotatable bonds is 8. The minimum atomic E-state index is -0.244. The summed E-state index contributed by atoms with van der Waals surface area (Å²) in [4.78, 5) is 5.15. The van der Waals surface area contributed by atoms with Crippen molar-refractivity contribution < 1.29 is 8.91 Å². The number of hydrogen-bond acceptors (Lipinski definition) is 4. The number of aryl methyl sites for hydroxylation is 1. The molecule has 1 aliphatic heterocycles. The van der Waals surface area contributed by atoms with Crippen LogP contribution in [0.15, 0.2) is 95.5 Å². The third-order valence-corrected chi connectivity index (χ3v) is 6.60. The van der Waals surface area contributed by atoms with Crippen molar-refractivity contribution in [2.75, 3.05) is 32.7 Å². The van der Waals surface area contributed by atoms with Gasteiger partial charge in [0.2, 0.25) is 0 Å². The minimum absolute atomic E-state index is 0.244. The molecular weight excluding hydrogens is 425 g/mol. The zero-order valence-electron chi connectivity index (χ0n) is 19.3. The van der Waals surface area contributed by atoms with E-state index in [1.165, 1.54) is 23.3 Å². The van der Waals surface area contributed by atoms with Gasteiger partial charge in [0.05, 0.1) is 6.04 Å². The van der Waals surface area contributed by atoms with Crippen molar-refractivity contribution in [1.29, 1.82) is 0 Å². The highest BCUT2D eigenvalue weighted by Gasteiger charge is 2.26. The van der Waals surface area contributed by atoms with Crippen molar-refractivity contribution >= 4 is 0 Å². The average molecular weight is 456 g/mol. The van der Waals surface area contributed by atoms with Crippen LogP contribution in [0.1, 0.15) is 29.3 Å². The number of hydrogen-bond donors (Lipinski definition) is 0. The Morgan fingerprint density at radius 1 is 0.794 bits per heavy atom. The van der Waals surface area contributed by atoms with E-state index in [1.54, 1.807) is 12.1 Å². The first-order chi connectivity index (χ1) is 16.8. The fourth-order valence-corrected chi connectivity index (χ4v) is 4.79. The molecule has 34 heavy (non-hydrogen) atoms. The fourth-order valence-electron chi connectivity index (χ4n) is 4.79. The Bertz CT molecular complexity index is 1110. The van der Waals surface area contributed by atoms with E-state index in [0.29, 0.717) is 6.04 Å². The van der Waals surface area contributed by atoms with Crippen LogP contribution in [0.5, 0.6) is 0 Å². The number of aromatic nitrogens is 1. The molecule has 0 bridgehead atoms. The Labute approximate surface area is 200 Å². The van der Waals surface area contributed by atoms with Gasteiger partial charge in [-0.2, -0.15) is 0 Å². The lowest BCUT2D eigenvalue weighted by molar-refractivity contribution is 0.108. The Hall–Kier alpha value is -3.28. The van der Waals surface area contributed by atoms with E-state index < -0.39 is 0 Å². The van der Waals surface area contributed by atoms with Crippen LogP contribution in [-0.4, -0.2) is 47.7 Å². The molecule has 5 heteroatoms. The average Bonchev–Trinajstić information content (AvgIpc) is 3.36. The number of nitrogens with zero attached hydrogens (tertiary/aromatic N) is 3. The molecule has 0 unspecified atom stereocenters. The number of piperazine rings is 1. The first-order valence-electron chi connectivity index (χ1n) is 12.0. The lowest BCUT2D eigenvalue weighted by atomic mass is 9.96. The molecular formula is C29H30FN3O. The standard InChI is InChI=1S/C29H30FN3O/c30-26-15-13-23(14-16-26)28-22-27(34-31-28)12-7-17-32-18-20-33(21-19-32)29(24-8-3-1-4-9-24)25-10-5-2-6-11-25/h1-6,8-11,13-16,22,29H,7,12,17-21H2. The molecule has 0 spiro atoms. The smallest absolute Gasteiger partial charge is 0.137 e. The molecule has 4 nitrogen and oxygen atoms in total. The molecule has 1 saturated heterocycles. The highest BCUT2D eigenvalue weighted by molar-refractivity contribution is 5.58. The summed E-state index contributed by atoms with van der Waals surface area (Å²) in [6.45, 7) is 5.26. The molecule has 1 aromatic heterocycles. The molecule has 0 radical (unpaired) electrons. The lowest BCUT2D eigenvalue weighted by Crippen LogP contribution is -2.48. The zero-order valence-corrected chi connectivity index (χ0v) is 19.3. The van der Waals surface area contributed by atoms with Crippen LogP contribution >= 0.6 is 0 Å². The van der Waals surface area contributed by atoms with Gasteiger partial charge in [-0.3, -0.25) is 4.90 Å². The highest BCUT2D eigenvalue weighted by Crippen LogP contribution is 2.29. The van der Waals surface area contributed by atoms with Crippen molar-refractivity contribution in [2.24, 2.45) is 0 Å². The number of halogens is 1. The van der Waals surface area contributed by atoms with Crippen molar-refractivity contribution in [1.82, 2.24) is 15.0 Å². The molecule has 0 N–H and O–H groups in total. The largest absolute Gasteiger partial charge is 0.361 e. The van der Waals surface area contributed by atoms with Crippen LogP contribution in [0.2, 0.25) is 0 Å². The molecule has 0 aliphatic carbocycles. The van der Waals surface area contributed by atoms with E-state index in [0.717, 1.165) is 62.6 Å². The second kappa shape index (κ2) is 10.8. The van der Waals surface area contributed by atoms with E-state index in [1.807, 2.05) is 6.07 Å². The van der Waals surface area contributed by atoms with Crippen LogP contribution in [0.25, 0.3) is 11.3 Å². The first-order valence-corrected chi connectivity index (χ1v) is 12.0. The van der Waals surface area contributed by atoms with Gasteiger partial charge in [0.1, 0.15) is 17.3 Å². The second-order valence-electron chi connectivity index (χ2n) is 8.89. The van der Waals surface area contributed by atoms with Crippen LogP contribution in [-0.2, 0) is 6.42 Å². The zero-order chi connectivity index (χ0) is 23.2. The Balaban J connectivity index is 1.14. The highest BCUT2D eigenvalue weighted by atomic mass is 19.1. The topological polar surface area (TPSA) is 32.5 Å². The van der Waals surface area contributed by atoms with Crippen molar-refractivity contribution in [2.45, 2.75) is 18.9 Å². The summed E-state index contributed by atoms with van der Waals surface area (Å²) in [5.74, 6) is 0.637. The van der Waals surface area contributed by atoms with Gasteiger partial charge >= 0.3 is 0 Å². The van der Waals surface area contributed by atoms with Crippen molar-refractivity contribution in [3.8, 4) is 11.3 Å². The predicted octanol–water partition coefficient (Wildman–Crippen LogP) is 5.82. The van der Waals surface area contributed by atoms with Gasteiger partial charge in [-0.25, -0.2) is 4.39 Å². The Kier molecular flexibility index (Phi) is 7.13. The molecule has 5 rings (SSSR count). The fraction of sp³-hybridized carbons (Fsp3) is 0.276. The summed E-state index contributed by atoms with van der Waals surface area (Å²) in [5, 5.41) is 4.15. The van der Waals surface area contributed by atoms with Gasteiger partial charge in [0.15, 0.2) is 0 Å². The van der Waals surface area contributed by atoms with Crippen LogP contribution in [0.4, 0.5) is 4.39 Å². The van der Waals surface area contributed by atoms with Gasteiger partial charge in [0, 0.05) is 44.2 Å². The normalized spacial score (nSPS) is 15.1. The summed E-state index contributed by atoms with van der Waals surface area (Å²) >= 11 is 0. The van der Waals surface area contributed by atoms with E-state index >= 15 is 0 Å². The SMILES string of the molecule is Fc1ccc(-c2cc(CCCN3CCN(C(c4ccccc4)c4ccccc4)CC3)on2)cc1. The summed E-state index contributed by atoms with van der Waals surface area (Å²) in [6, 6.07) is 30.3. The maximum atomic E-state index is 13.1. The van der Waals surface area contributed by atoms with Gasteiger partial charge in [-0.05, 0) is 48.4 Å². The van der Waals surface area contributed by atoms with Crippen molar-refractivity contribution in [3.63, 3.8) is 0 Å². The molecule has 1 fully saturated rings. The van der Waals surface area contributed by atoms with Crippen LogP contribution in [0, 0.1) is 5.82 Å². The summed E-state index contributed by atoms with van der Waals surface area (Å²) in [7, 11) is 0.